The lowest BCUT2D eigenvalue weighted by molar-refractivity contribution is 0.450. The van der Waals surface area contributed by atoms with Gasteiger partial charge in [0.2, 0.25) is 0 Å². The van der Waals surface area contributed by atoms with Crippen molar-refractivity contribution >= 4 is 104 Å². The van der Waals surface area contributed by atoms with Gasteiger partial charge in [0.05, 0.1) is 35.5 Å². The predicted octanol–water partition coefficient (Wildman–Crippen LogP) is 5.78. The third-order valence-corrected chi connectivity index (χ3v) is 9.98. The lowest BCUT2D eigenvalue weighted by Crippen LogP contribution is -2.22. The number of hydrogen-bond donors (Lipinski definition) is 0. The van der Waals surface area contributed by atoms with E-state index in [1.54, 1.807) is 34.3 Å². The molecule has 0 atom stereocenters. The molecular weight excluding hydrogens is 747 g/mol. The van der Waals surface area contributed by atoms with E-state index in [9.17, 15) is 9.59 Å². The normalized spacial score (nSPS) is 13.3. The number of aryl methyl sites for hydroxylation is 4. The van der Waals surface area contributed by atoms with E-state index in [4.69, 9.17) is 42.7 Å². The molecule has 0 radical (unpaired) electrons. The Hall–Kier alpha value is -2.58. The van der Waals surface area contributed by atoms with Crippen LogP contribution >= 0.6 is 71.0 Å². The molecular formula is C24H13Br3Cl2N6O4. The fourth-order valence-electron chi connectivity index (χ4n) is 5.07. The fraction of sp³-hybridized carbons (Fsp3) is 0.167. The number of halogens is 5. The molecule has 0 saturated heterocycles. The first-order chi connectivity index (χ1) is 18.4. The summed E-state index contributed by atoms with van der Waals surface area (Å²) in [5.41, 5.74) is 3.04. The second kappa shape index (κ2) is 8.23. The number of nitrogens with zero attached hydrogens (tertiary/aromatic N) is 6. The molecule has 0 amide bonds. The van der Waals surface area contributed by atoms with Crippen LogP contribution in [-0.2, 0) is 28.2 Å². The van der Waals surface area contributed by atoms with Crippen molar-refractivity contribution in [2.75, 3.05) is 0 Å². The molecule has 39 heavy (non-hydrogen) atoms. The van der Waals surface area contributed by atoms with E-state index in [2.05, 4.69) is 47.8 Å². The molecule has 5 aromatic rings. The quantitative estimate of drug-likeness (QED) is 0.196. The van der Waals surface area contributed by atoms with Gasteiger partial charge in [-0.2, -0.15) is 0 Å². The number of hydrogen-bond acceptors (Lipinski definition) is 6. The first-order valence-corrected chi connectivity index (χ1v) is 14.4. The number of ether oxygens (including phenoxy) is 2. The Balaban J connectivity index is 1.55. The molecule has 2 aliphatic rings. The zero-order chi connectivity index (χ0) is 27.8. The summed E-state index contributed by atoms with van der Waals surface area (Å²) in [5.74, 6) is 1.16. The Morgan fingerprint density at radius 1 is 0.667 bits per heavy atom. The molecule has 10 nitrogen and oxygen atoms in total. The van der Waals surface area contributed by atoms with Gasteiger partial charge in [0.25, 0.3) is 0 Å². The van der Waals surface area contributed by atoms with Crippen LogP contribution < -0.4 is 31.6 Å². The molecule has 2 aliphatic heterocycles. The summed E-state index contributed by atoms with van der Waals surface area (Å²) in [4.78, 5) is 34.8. The van der Waals surface area contributed by atoms with Gasteiger partial charge in [-0.15, -0.1) is 0 Å². The Labute approximate surface area is 253 Å². The average molecular weight is 760 g/mol. The molecule has 7 rings (SSSR count). The Kier molecular flexibility index (Phi) is 5.36. The molecule has 0 bridgehead atoms. The van der Waals surface area contributed by atoms with Crippen LogP contribution in [0.4, 0.5) is 11.4 Å². The first kappa shape index (κ1) is 25.4. The van der Waals surface area contributed by atoms with Gasteiger partial charge in [0.15, 0.2) is 23.0 Å². The van der Waals surface area contributed by atoms with Gasteiger partial charge in [0.1, 0.15) is 32.1 Å². The van der Waals surface area contributed by atoms with Crippen molar-refractivity contribution in [2.45, 2.75) is 0 Å². The van der Waals surface area contributed by atoms with E-state index in [0.717, 1.165) is 0 Å². The molecule has 0 saturated carbocycles. The highest BCUT2D eigenvalue weighted by Gasteiger charge is 2.32. The zero-order valence-electron chi connectivity index (χ0n) is 20.3. The van der Waals surface area contributed by atoms with Crippen LogP contribution in [-0.4, -0.2) is 18.3 Å². The summed E-state index contributed by atoms with van der Waals surface area (Å²) >= 11 is 24.5. The summed E-state index contributed by atoms with van der Waals surface area (Å²) in [6, 6.07) is 1.73. The van der Waals surface area contributed by atoms with Crippen LogP contribution in [0, 0.1) is 0 Å². The minimum absolute atomic E-state index is 0.142. The predicted molar refractivity (Wildman–Crippen MR) is 158 cm³/mol. The monoisotopic (exact) mass is 756 g/mol. The van der Waals surface area contributed by atoms with Crippen LogP contribution in [0.1, 0.15) is 0 Å². The smallest absolute Gasteiger partial charge is 0.328 e. The van der Waals surface area contributed by atoms with E-state index >= 15 is 0 Å². The summed E-state index contributed by atoms with van der Waals surface area (Å²) in [6.45, 7) is 0. The van der Waals surface area contributed by atoms with Gasteiger partial charge in [-0.3, -0.25) is 18.3 Å². The van der Waals surface area contributed by atoms with E-state index in [-0.39, 0.29) is 43.6 Å². The van der Waals surface area contributed by atoms with Crippen molar-refractivity contribution in [3.63, 3.8) is 0 Å². The fourth-order valence-corrected chi connectivity index (χ4v) is 7.78. The molecule has 4 heterocycles. The molecule has 0 spiro atoms. The van der Waals surface area contributed by atoms with Crippen molar-refractivity contribution in [3.8, 4) is 23.0 Å². The van der Waals surface area contributed by atoms with Gasteiger partial charge in [-0.05, 0) is 47.8 Å². The van der Waals surface area contributed by atoms with Gasteiger partial charge in [-0.25, -0.2) is 19.6 Å². The zero-order valence-corrected chi connectivity index (χ0v) is 26.6. The van der Waals surface area contributed by atoms with Gasteiger partial charge in [0, 0.05) is 34.3 Å². The van der Waals surface area contributed by atoms with Gasteiger partial charge < -0.3 is 9.47 Å². The van der Waals surface area contributed by atoms with Crippen molar-refractivity contribution < 1.29 is 9.47 Å². The maximum absolute atomic E-state index is 12.7. The van der Waals surface area contributed by atoms with Gasteiger partial charge in [-0.1, -0.05) is 23.2 Å². The van der Waals surface area contributed by atoms with Crippen LogP contribution in [0.25, 0.3) is 22.1 Å². The Morgan fingerprint density at radius 2 is 1.15 bits per heavy atom. The highest BCUT2D eigenvalue weighted by atomic mass is 79.9. The lowest BCUT2D eigenvalue weighted by Gasteiger charge is -2.23. The molecule has 2 aromatic heterocycles. The first-order valence-electron chi connectivity index (χ1n) is 11.2. The van der Waals surface area contributed by atoms with Crippen LogP contribution in [0.3, 0.4) is 0 Å². The maximum atomic E-state index is 12.7. The van der Waals surface area contributed by atoms with Crippen molar-refractivity contribution in [3.05, 3.63) is 61.2 Å². The van der Waals surface area contributed by atoms with Crippen molar-refractivity contribution in [1.82, 2.24) is 18.3 Å². The number of imidazole rings is 2. The molecule has 0 N–H and O–H groups in total. The molecule has 15 heteroatoms. The second-order valence-electron chi connectivity index (χ2n) is 9.12. The number of aromatic nitrogens is 4. The highest BCUT2D eigenvalue weighted by molar-refractivity contribution is 9.11. The van der Waals surface area contributed by atoms with Crippen molar-refractivity contribution in [2.24, 2.45) is 38.2 Å². The Bertz CT molecular complexity index is 2280. The molecule has 0 unspecified atom stereocenters. The number of fused-ring (bicyclic) bond motifs is 6. The Morgan fingerprint density at radius 3 is 1.79 bits per heavy atom. The lowest BCUT2D eigenvalue weighted by atomic mass is 10.2. The largest absolute Gasteiger partial charge is 0.451 e. The van der Waals surface area contributed by atoms with Crippen LogP contribution in [0.15, 0.2) is 39.1 Å². The van der Waals surface area contributed by atoms with E-state index in [1.165, 1.54) is 18.3 Å². The standard InChI is InChI=1S/C24H13Br3Cl2N6O4/c1-32-6-5-7-13(8(25)17(6)33(2)23(32)36)30-15-12(29)22-16(11(28)21(15)38-7)31-14-9(26)18-19(10(27)20(14)39-22)35(4)24(37)34(18)3/h5H,1-4H3. The summed E-state index contributed by atoms with van der Waals surface area (Å²) in [5, 5.41) is 0.804. The maximum Gasteiger partial charge on any atom is 0.328 e. The van der Waals surface area contributed by atoms with Crippen LogP contribution in [0.5, 0.6) is 23.0 Å². The van der Waals surface area contributed by atoms with E-state index in [1.807, 2.05) is 0 Å². The molecule has 0 aliphatic carbocycles. The summed E-state index contributed by atoms with van der Waals surface area (Å²) < 4.78 is 20.3. The SMILES string of the molecule is Cn1c(=O)n(C)c2c(Br)c3c(cc21)Oc1c(Cl)c2c(c(Cl)c1=N3)Oc1c(c(Br)c3c(c1Br)n(C)c(=O)n3C)N=2. The second-order valence-corrected chi connectivity index (χ2v) is 12.3. The van der Waals surface area contributed by atoms with Crippen LogP contribution in [0.2, 0.25) is 10.0 Å². The highest BCUT2D eigenvalue weighted by Crippen LogP contribution is 2.52. The molecule has 3 aromatic carbocycles. The number of rotatable bonds is 0. The van der Waals surface area contributed by atoms with E-state index in [0.29, 0.717) is 58.4 Å². The topological polar surface area (TPSA) is 97.0 Å². The summed E-state index contributed by atoms with van der Waals surface area (Å²) in [6.07, 6.45) is 0. The summed E-state index contributed by atoms with van der Waals surface area (Å²) in [7, 11) is 6.72. The minimum Gasteiger partial charge on any atom is -0.451 e. The molecule has 0 fully saturated rings. The number of benzene rings is 3. The molecule has 198 valence electrons. The third kappa shape index (κ3) is 3.08. The van der Waals surface area contributed by atoms with Crippen molar-refractivity contribution in [1.29, 1.82) is 0 Å². The van der Waals surface area contributed by atoms with E-state index < -0.39 is 0 Å². The van der Waals surface area contributed by atoms with Gasteiger partial charge >= 0.3 is 11.4 Å². The average Bonchev–Trinajstić information content (AvgIpc) is 3.28. The minimum atomic E-state index is -0.210. The third-order valence-electron chi connectivity index (χ3n) is 7.05.